The summed E-state index contributed by atoms with van der Waals surface area (Å²) in [5.41, 5.74) is 2.15. The molecule has 0 aliphatic carbocycles. The topological polar surface area (TPSA) is 42.7 Å². The van der Waals surface area contributed by atoms with Crippen molar-refractivity contribution in [3.8, 4) is 11.3 Å². The summed E-state index contributed by atoms with van der Waals surface area (Å²) in [6, 6.07) is 12.7. The number of aryl methyl sites for hydroxylation is 1. The predicted octanol–water partition coefficient (Wildman–Crippen LogP) is 5.40. The number of halogens is 3. The molecule has 0 fully saturated rings. The van der Waals surface area contributed by atoms with Gasteiger partial charge in [0, 0.05) is 30.5 Å². The van der Waals surface area contributed by atoms with Crippen molar-refractivity contribution in [2.24, 2.45) is 7.05 Å². The molecule has 4 nitrogen and oxygen atoms in total. The van der Waals surface area contributed by atoms with E-state index in [1.807, 2.05) is 35.9 Å². The number of hydrogen-bond donors (Lipinski definition) is 1. The molecule has 0 saturated carbocycles. The number of rotatable bonds is 3. The van der Waals surface area contributed by atoms with Crippen molar-refractivity contribution in [2.45, 2.75) is 6.18 Å². The third kappa shape index (κ3) is 3.23. The molecule has 3 heterocycles. The fraction of sp³-hybridized carbons (Fsp3) is 0.100. The van der Waals surface area contributed by atoms with Gasteiger partial charge >= 0.3 is 6.18 Å². The smallest absolute Gasteiger partial charge is 0.343 e. The number of alkyl halides is 3. The Morgan fingerprint density at radius 3 is 2.59 bits per heavy atom. The third-order valence-electron chi connectivity index (χ3n) is 4.38. The van der Waals surface area contributed by atoms with Gasteiger partial charge in [-0.2, -0.15) is 13.2 Å². The number of anilines is 2. The highest BCUT2D eigenvalue weighted by Crippen LogP contribution is 2.35. The Balaban J connectivity index is 1.82. The van der Waals surface area contributed by atoms with Crippen LogP contribution in [0.5, 0.6) is 0 Å². The van der Waals surface area contributed by atoms with Gasteiger partial charge in [0.2, 0.25) is 0 Å². The SMILES string of the molecule is Cn1c(-c2cccc(C(F)(F)F)c2)cc2c(Nc3cccnc3)nccc21. The van der Waals surface area contributed by atoms with Crippen LogP contribution < -0.4 is 5.32 Å². The van der Waals surface area contributed by atoms with Crippen LogP contribution in [0.25, 0.3) is 22.2 Å². The molecule has 4 rings (SSSR count). The largest absolute Gasteiger partial charge is 0.416 e. The molecule has 0 spiro atoms. The van der Waals surface area contributed by atoms with E-state index in [1.165, 1.54) is 6.07 Å². The van der Waals surface area contributed by atoms with Crippen LogP contribution in [0, 0.1) is 0 Å². The lowest BCUT2D eigenvalue weighted by molar-refractivity contribution is -0.137. The van der Waals surface area contributed by atoms with Crippen LogP contribution in [-0.4, -0.2) is 14.5 Å². The number of nitrogens with zero attached hydrogens (tertiary/aromatic N) is 3. The number of pyridine rings is 2. The van der Waals surface area contributed by atoms with Crippen LogP contribution in [0.15, 0.2) is 67.1 Å². The molecule has 1 N–H and O–H groups in total. The first-order valence-electron chi connectivity index (χ1n) is 8.22. The average molecular weight is 368 g/mol. The maximum atomic E-state index is 13.1. The minimum absolute atomic E-state index is 0.496. The van der Waals surface area contributed by atoms with E-state index in [2.05, 4.69) is 15.3 Å². The van der Waals surface area contributed by atoms with Crippen molar-refractivity contribution < 1.29 is 13.2 Å². The Labute approximate surface area is 153 Å². The van der Waals surface area contributed by atoms with Gasteiger partial charge in [0.1, 0.15) is 5.82 Å². The second kappa shape index (κ2) is 6.42. The zero-order chi connectivity index (χ0) is 19.0. The Morgan fingerprint density at radius 1 is 1.00 bits per heavy atom. The number of fused-ring (bicyclic) bond motifs is 1. The first kappa shape index (κ1) is 17.1. The quantitative estimate of drug-likeness (QED) is 0.527. The standard InChI is InChI=1S/C20H15F3N4/c1-27-17-7-9-25-19(26-15-6-3-8-24-12-15)16(17)11-18(27)13-4-2-5-14(10-13)20(21,22)23/h2-12H,1H3,(H,25,26). The van der Waals surface area contributed by atoms with Gasteiger partial charge in [-0.15, -0.1) is 0 Å². The molecule has 4 aromatic rings. The minimum atomic E-state index is -4.38. The van der Waals surface area contributed by atoms with Crippen molar-refractivity contribution >= 4 is 22.4 Å². The number of nitrogens with one attached hydrogen (secondary N) is 1. The average Bonchev–Trinajstić information content (AvgIpc) is 3.00. The molecule has 0 aliphatic heterocycles. The molecule has 0 atom stereocenters. The van der Waals surface area contributed by atoms with E-state index in [9.17, 15) is 13.2 Å². The maximum Gasteiger partial charge on any atom is 0.416 e. The van der Waals surface area contributed by atoms with E-state index < -0.39 is 11.7 Å². The second-order valence-electron chi connectivity index (χ2n) is 6.13. The lowest BCUT2D eigenvalue weighted by Crippen LogP contribution is -2.04. The van der Waals surface area contributed by atoms with E-state index in [0.29, 0.717) is 17.1 Å². The summed E-state index contributed by atoms with van der Waals surface area (Å²) in [7, 11) is 1.83. The molecular formula is C20H15F3N4. The Morgan fingerprint density at radius 2 is 1.85 bits per heavy atom. The number of aromatic nitrogens is 3. The predicted molar refractivity (Wildman–Crippen MR) is 98.7 cm³/mol. The van der Waals surface area contributed by atoms with Crippen LogP contribution in [0.3, 0.4) is 0 Å². The van der Waals surface area contributed by atoms with Crippen molar-refractivity contribution in [1.82, 2.24) is 14.5 Å². The molecule has 3 aromatic heterocycles. The third-order valence-corrected chi connectivity index (χ3v) is 4.38. The molecule has 1 aromatic carbocycles. The van der Waals surface area contributed by atoms with Crippen molar-refractivity contribution in [3.63, 3.8) is 0 Å². The molecule has 0 amide bonds. The van der Waals surface area contributed by atoms with Crippen molar-refractivity contribution in [3.05, 3.63) is 72.7 Å². The molecule has 7 heteroatoms. The van der Waals surface area contributed by atoms with Gasteiger partial charge in [0.05, 0.1) is 23.0 Å². The molecule has 0 bridgehead atoms. The highest BCUT2D eigenvalue weighted by Gasteiger charge is 2.30. The Kier molecular flexibility index (Phi) is 4.07. The fourth-order valence-electron chi connectivity index (χ4n) is 3.07. The summed E-state index contributed by atoms with van der Waals surface area (Å²) in [6.45, 7) is 0. The van der Waals surface area contributed by atoms with Crippen LogP contribution in [0.4, 0.5) is 24.7 Å². The molecule has 27 heavy (non-hydrogen) atoms. The summed E-state index contributed by atoms with van der Waals surface area (Å²) in [5, 5.41) is 4.02. The van der Waals surface area contributed by atoms with E-state index in [0.717, 1.165) is 28.7 Å². The zero-order valence-electron chi connectivity index (χ0n) is 14.3. The van der Waals surface area contributed by atoms with Gasteiger partial charge in [0.15, 0.2) is 0 Å². The minimum Gasteiger partial charge on any atom is -0.343 e. The summed E-state index contributed by atoms with van der Waals surface area (Å²) >= 11 is 0. The lowest BCUT2D eigenvalue weighted by Gasteiger charge is -2.09. The Bertz CT molecular complexity index is 1100. The van der Waals surface area contributed by atoms with Crippen molar-refractivity contribution in [2.75, 3.05) is 5.32 Å². The first-order chi connectivity index (χ1) is 12.9. The van der Waals surface area contributed by atoms with Gasteiger partial charge in [-0.3, -0.25) is 4.98 Å². The maximum absolute atomic E-state index is 13.1. The summed E-state index contributed by atoms with van der Waals surface area (Å²) in [5.74, 6) is 0.620. The first-order valence-corrected chi connectivity index (χ1v) is 8.22. The monoisotopic (exact) mass is 368 g/mol. The summed E-state index contributed by atoms with van der Waals surface area (Å²) in [6.07, 6.45) is 0.636. The van der Waals surface area contributed by atoms with E-state index in [-0.39, 0.29) is 0 Å². The lowest BCUT2D eigenvalue weighted by atomic mass is 10.1. The summed E-state index contributed by atoms with van der Waals surface area (Å²) in [4.78, 5) is 8.44. The molecular weight excluding hydrogens is 353 g/mol. The number of hydrogen-bond acceptors (Lipinski definition) is 3. The molecule has 0 radical (unpaired) electrons. The normalized spacial score (nSPS) is 11.7. The van der Waals surface area contributed by atoms with Crippen LogP contribution in [-0.2, 0) is 13.2 Å². The van der Waals surface area contributed by atoms with Gasteiger partial charge in [-0.1, -0.05) is 12.1 Å². The highest BCUT2D eigenvalue weighted by molar-refractivity contribution is 5.95. The van der Waals surface area contributed by atoms with Gasteiger partial charge < -0.3 is 9.88 Å². The zero-order valence-corrected chi connectivity index (χ0v) is 14.3. The van der Waals surface area contributed by atoms with Crippen LogP contribution in [0.2, 0.25) is 0 Å². The highest BCUT2D eigenvalue weighted by atomic mass is 19.4. The Hall–Kier alpha value is -3.35. The van der Waals surface area contributed by atoms with Crippen LogP contribution >= 0.6 is 0 Å². The van der Waals surface area contributed by atoms with Crippen molar-refractivity contribution in [1.29, 1.82) is 0 Å². The van der Waals surface area contributed by atoms with E-state index in [4.69, 9.17) is 0 Å². The summed E-state index contributed by atoms with van der Waals surface area (Å²) < 4.78 is 41.0. The van der Waals surface area contributed by atoms with Gasteiger partial charge in [-0.05, 0) is 42.0 Å². The van der Waals surface area contributed by atoms with Gasteiger partial charge in [0.25, 0.3) is 0 Å². The van der Waals surface area contributed by atoms with Crippen LogP contribution in [0.1, 0.15) is 5.56 Å². The molecule has 136 valence electrons. The molecule has 0 unspecified atom stereocenters. The molecule has 0 saturated heterocycles. The van der Waals surface area contributed by atoms with E-state index >= 15 is 0 Å². The fourth-order valence-corrected chi connectivity index (χ4v) is 3.07. The van der Waals surface area contributed by atoms with E-state index in [1.54, 1.807) is 24.7 Å². The number of benzene rings is 1. The second-order valence-corrected chi connectivity index (χ2v) is 6.13. The van der Waals surface area contributed by atoms with Gasteiger partial charge in [-0.25, -0.2) is 4.98 Å². The molecule has 0 aliphatic rings.